The summed E-state index contributed by atoms with van der Waals surface area (Å²) in [5, 5.41) is 5.27. The van der Waals surface area contributed by atoms with Gasteiger partial charge in [0.1, 0.15) is 0 Å². The first-order chi connectivity index (χ1) is 17.6. The average molecular weight is 483 g/mol. The molecule has 1 aliphatic rings. The van der Waals surface area contributed by atoms with Crippen LogP contribution >= 0.6 is 11.3 Å². The lowest BCUT2D eigenvalue weighted by molar-refractivity contribution is 0.539. The molecule has 0 bridgehead atoms. The molecule has 0 saturated carbocycles. The first kappa shape index (κ1) is 21.3. The highest BCUT2D eigenvalue weighted by molar-refractivity contribution is 7.26. The number of aromatic nitrogens is 2. The van der Waals surface area contributed by atoms with Crippen molar-refractivity contribution in [2.45, 2.75) is 25.7 Å². The predicted octanol–water partition coefficient (Wildman–Crippen LogP) is 9.35. The van der Waals surface area contributed by atoms with E-state index in [0.29, 0.717) is 0 Å². The van der Waals surface area contributed by atoms with Crippen molar-refractivity contribution in [3.63, 3.8) is 0 Å². The third-order valence-electron chi connectivity index (χ3n) is 7.53. The maximum atomic E-state index is 4.64. The molecule has 0 unspecified atom stereocenters. The van der Waals surface area contributed by atoms with E-state index in [-0.39, 0.29) is 5.41 Å². The highest BCUT2D eigenvalue weighted by atomic mass is 32.1. The number of pyridine rings is 1. The Morgan fingerprint density at radius 2 is 1.64 bits per heavy atom. The fourth-order valence-electron chi connectivity index (χ4n) is 5.95. The van der Waals surface area contributed by atoms with Crippen LogP contribution in [0.3, 0.4) is 0 Å². The molecule has 0 aliphatic heterocycles. The fourth-order valence-corrected chi connectivity index (χ4v) is 7.39. The molecule has 0 N–H and O–H groups in total. The van der Waals surface area contributed by atoms with Gasteiger partial charge in [0.2, 0.25) is 0 Å². The Kier molecular flexibility index (Phi) is 4.61. The van der Waals surface area contributed by atoms with Gasteiger partial charge in [-0.15, -0.1) is 11.3 Å². The maximum Gasteiger partial charge on any atom is 0.0629 e. The molecule has 1 aliphatic carbocycles. The third kappa shape index (κ3) is 2.93. The van der Waals surface area contributed by atoms with Crippen molar-refractivity contribution in [2.24, 2.45) is 0 Å². The minimum absolute atomic E-state index is 0.0758. The Labute approximate surface area is 214 Å². The molecule has 3 aromatic carbocycles. The van der Waals surface area contributed by atoms with Crippen LogP contribution in [0.4, 0.5) is 0 Å². The van der Waals surface area contributed by atoms with Crippen LogP contribution in [0.1, 0.15) is 31.4 Å². The van der Waals surface area contributed by atoms with E-state index < -0.39 is 0 Å². The number of allylic oxidation sites excluding steroid dienone is 5. The Hall–Kier alpha value is -3.95. The van der Waals surface area contributed by atoms with Crippen molar-refractivity contribution in [1.82, 2.24) is 9.55 Å². The lowest BCUT2D eigenvalue weighted by atomic mass is 9.76. The van der Waals surface area contributed by atoms with Gasteiger partial charge < -0.3 is 4.57 Å². The van der Waals surface area contributed by atoms with Crippen molar-refractivity contribution in [1.29, 1.82) is 0 Å². The van der Waals surface area contributed by atoms with E-state index in [0.717, 1.165) is 17.7 Å². The molecular weight excluding hydrogens is 456 g/mol. The van der Waals surface area contributed by atoms with E-state index in [4.69, 9.17) is 0 Å². The molecule has 2 nitrogen and oxygen atoms in total. The molecule has 6 aromatic rings. The van der Waals surface area contributed by atoms with Gasteiger partial charge in [-0.2, -0.15) is 0 Å². The van der Waals surface area contributed by atoms with E-state index in [2.05, 4.69) is 115 Å². The first-order valence-electron chi connectivity index (χ1n) is 12.4. The Bertz CT molecular complexity index is 1890. The van der Waals surface area contributed by atoms with E-state index >= 15 is 0 Å². The minimum Gasteiger partial charge on any atom is -0.308 e. The van der Waals surface area contributed by atoms with Crippen molar-refractivity contribution in [3.8, 4) is 5.69 Å². The number of hydrogen-bond donors (Lipinski definition) is 0. The molecule has 36 heavy (non-hydrogen) atoms. The Balaban J connectivity index is 1.86. The second kappa shape index (κ2) is 7.78. The van der Waals surface area contributed by atoms with Crippen LogP contribution in [0.5, 0.6) is 0 Å². The average Bonchev–Trinajstić information content (AvgIpc) is 3.44. The number of thiophene rings is 1. The van der Waals surface area contributed by atoms with Gasteiger partial charge in [-0.05, 0) is 47.2 Å². The number of fused-ring (bicyclic) bond motifs is 10. The zero-order valence-electron chi connectivity index (χ0n) is 20.5. The summed E-state index contributed by atoms with van der Waals surface area (Å²) in [7, 11) is 0. The number of rotatable bonds is 1. The monoisotopic (exact) mass is 482 g/mol. The molecule has 0 fully saturated rings. The summed E-state index contributed by atoms with van der Waals surface area (Å²) >= 11 is 1.92. The van der Waals surface area contributed by atoms with Gasteiger partial charge in [0.25, 0.3) is 0 Å². The zero-order valence-corrected chi connectivity index (χ0v) is 21.3. The van der Waals surface area contributed by atoms with Crippen molar-refractivity contribution in [2.75, 3.05) is 0 Å². The Morgan fingerprint density at radius 1 is 0.889 bits per heavy atom. The predicted molar refractivity (Wildman–Crippen MR) is 156 cm³/mol. The standard InChI is InChI=1S/C33H26N2S/c1-21-11-5-4-10-18-33(2,3)30-27(21)31-28(29-24-13-7-9-15-26(24)36-32(29)30)23-12-6-8-14-25(23)35(31)22-16-19-34-20-17-22/h4-17,19-20H,1,18H2,2-3H3/b10-4-,11-5-. The second-order valence-electron chi connectivity index (χ2n) is 10.2. The van der Waals surface area contributed by atoms with Crippen LogP contribution in [0.15, 0.2) is 104 Å². The van der Waals surface area contributed by atoms with Gasteiger partial charge >= 0.3 is 0 Å². The Morgan fingerprint density at radius 3 is 2.47 bits per heavy atom. The van der Waals surface area contributed by atoms with Gasteiger partial charge in [0.15, 0.2) is 0 Å². The zero-order chi connectivity index (χ0) is 24.4. The molecule has 0 atom stereocenters. The van der Waals surface area contributed by atoms with Crippen LogP contribution in [-0.4, -0.2) is 9.55 Å². The molecule has 0 spiro atoms. The molecule has 7 rings (SSSR count). The van der Waals surface area contributed by atoms with Crippen LogP contribution in [-0.2, 0) is 5.41 Å². The van der Waals surface area contributed by atoms with E-state index in [1.165, 1.54) is 53.1 Å². The molecule has 3 heterocycles. The fraction of sp³-hybridized carbons (Fsp3) is 0.121. The van der Waals surface area contributed by atoms with Crippen LogP contribution < -0.4 is 0 Å². The number of hydrogen-bond acceptors (Lipinski definition) is 2. The molecule has 3 heteroatoms. The van der Waals surface area contributed by atoms with Gasteiger partial charge in [0, 0.05) is 54.6 Å². The highest BCUT2D eigenvalue weighted by Gasteiger charge is 2.32. The molecular formula is C33H26N2S. The second-order valence-corrected chi connectivity index (χ2v) is 11.3. The summed E-state index contributed by atoms with van der Waals surface area (Å²) in [6, 6.07) is 21.9. The van der Waals surface area contributed by atoms with Crippen molar-refractivity contribution < 1.29 is 0 Å². The lowest BCUT2D eigenvalue weighted by Crippen LogP contribution is -2.19. The van der Waals surface area contributed by atoms with Gasteiger partial charge in [-0.25, -0.2) is 0 Å². The van der Waals surface area contributed by atoms with Gasteiger partial charge in [-0.3, -0.25) is 4.98 Å². The lowest BCUT2D eigenvalue weighted by Gasteiger charge is -2.29. The summed E-state index contributed by atoms with van der Waals surface area (Å²) < 4.78 is 5.14. The van der Waals surface area contributed by atoms with Crippen LogP contribution in [0, 0.1) is 0 Å². The van der Waals surface area contributed by atoms with Gasteiger partial charge in [-0.1, -0.05) is 81.1 Å². The number of benzene rings is 3. The summed E-state index contributed by atoms with van der Waals surface area (Å²) in [5.74, 6) is 0. The minimum atomic E-state index is -0.0758. The normalized spacial score (nSPS) is 17.2. The molecule has 0 radical (unpaired) electrons. The van der Waals surface area contributed by atoms with E-state index in [9.17, 15) is 0 Å². The molecule has 174 valence electrons. The van der Waals surface area contributed by atoms with Crippen LogP contribution in [0.2, 0.25) is 0 Å². The van der Waals surface area contributed by atoms with Crippen molar-refractivity contribution >= 4 is 58.9 Å². The third-order valence-corrected chi connectivity index (χ3v) is 8.71. The summed E-state index contributed by atoms with van der Waals surface area (Å²) in [4.78, 5) is 4.31. The molecule has 0 amide bonds. The highest BCUT2D eigenvalue weighted by Crippen LogP contribution is 2.52. The van der Waals surface area contributed by atoms with E-state index in [1.807, 2.05) is 23.7 Å². The first-order valence-corrected chi connectivity index (χ1v) is 13.2. The summed E-state index contributed by atoms with van der Waals surface area (Å²) in [6.45, 7) is 9.40. The summed E-state index contributed by atoms with van der Waals surface area (Å²) in [5.41, 5.74) is 7.17. The smallest absolute Gasteiger partial charge is 0.0629 e. The quantitative estimate of drug-likeness (QED) is 0.228. The number of nitrogens with zero attached hydrogens (tertiary/aromatic N) is 2. The van der Waals surface area contributed by atoms with E-state index in [1.54, 1.807) is 0 Å². The largest absolute Gasteiger partial charge is 0.308 e. The maximum absolute atomic E-state index is 4.64. The SMILES string of the molecule is C=C1/C=C\C=C/CC(C)(C)c2c1c1c(c3ccccc3n1-c1ccncc1)c1c2sc2ccccc21. The molecule has 0 saturated heterocycles. The summed E-state index contributed by atoms with van der Waals surface area (Å²) in [6.07, 6.45) is 13.5. The topological polar surface area (TPSA) is 17.8 Å². The molecule has 3 aromatic heterocycles. The van der Waals surface area contributed by atoms with Gasteiger partial charge in [0.05, 0.1) is 11.0 Å². The van der Waals surface area contributed by atoms with Crippen LogP contribution in [0.25, 0.3) is 53.2 Å². The van der Waals surface area contributed by atoms with Crippen molar-refractivity contribution in [3.05, 3.63) is 115 Å². The number of para-hydroxylation sites is 1.